The predicted octanol–water partition coefficient (Wildman–Crippen LogP) is 2.65. The van der Waals surface area contributed by atoms with Crippen molar-refractivity contribution in [3.05, 3.63) is 42.1 Å². The van der Waals surface area contributed by atoms with E-state index in [0.29, 0.717) is 72.1 Å². The van der Waals surface area contributed by atoms with Crippen molar-refractivity contribution in [3.63, 3.8) is 0 Å². The van der Waals surface area contributed by atoms with Gasteiger partial charge in [0, 0.05) is 30.9 Å². The van der Waals surface area contributed by atoms with E-state index >= 15 is 0 Å². The molecule has 1 atom stereocenters. The molecule has 5 rings (SSSR count). The summed E-state index contributed by atoms with van der Waals surface area (Å²) in [6.07, 6.45) is 5.37. The van der Waals surface area contributed by atoms with Crippen LogP contribution in [0.1, 0.15) is 43.0 Å². The highest BCUT2D eigenvalue weighted by Crippen LogP contribution is 2.36. The smallest absolute Gasteiger partial charge is 0.255 e. The number of piperidine rings is 1. The Hall–Kier alpha value is -3.53. The third-order valence-corrected chi connectivity index (χ3v) is 6.58. The predicted molar refractivity (Wildman–Crippen MR) is 126 cm³/mol. The minimum absolute atomic E-state index is 0.0996. The minimum atomic E-state index is -1.03. The molecule has 0 spiro atoms. The number of likely N-dealkylation sites (tertiary alicyclic amines) is 1. The molecule has 1 aliphatic heterocycles. The first-order chi connectivity index (χ1) is 16.9. The summed E-state index contributed by atoms with van der Waals surface area (Å²) in [7, 11) is 0. The topological polar surface area (TPSA) is 120 Å². The van der Waals surface area contributed by atoms with Crippen molar-refractivity contribution in [1.82, 2.24) is 25.2 Å². The van der Waals surface area contributed by atoms with Crippen molar-refractivity contribution in [2.24, 2.45) is 5.92 Å². The lowest BCUT2D eigenvalue weighted by atomic mass is 10.0. The summed E-state index contributed by atoms with van der Waals surface area (Å²) in [6, 6.07) is 4.24. The molecule has 1 aromatic carbocycles. The molecule has 2 amide bonds. The van der Waals surface area contributed by atoms with Crippen LogP contribution in [0.4, 0.5) is 4.39 Å². The number of hydrogen-bond acceptors (Lipinski definition) is 6. The Labute approximate surface area is 201 Å². The number of benzene rings is 1. The third-order valence-electron chi connectivity index (χ3n) is 6.58. The summed E-state index contributed by atoms with van der Waals surface area (Å²) >= 11 is 0. The van der Waals surface area contributed by atoms with Crippen LogP contribution in [0.5, 0.6) is 5.75 Å². The van der Waals surface area contributed by atoms with Crippen LogP contribution in [0.15, 0.2) is 30.7 Å². The zero-order chi connectivity index (χ0) is 24.5. The number of ether oxygens (including phenoxy) is 1. The van der Waals surface area contributed by atoms with Crippen LogP contribution in [0.2, 0.25) is 0 Å². The van der Waals surface area contributed by atoms with E-state index in [1.165, 1.54) is 25.4 Å². The van der Waals surface area contributed by atoms with Gasteiger partial charge in [-0.15, -0.1) is 0 Å². The number of fused-ring (bicyclic) bond motifs is 1. The summed E-state index contributed by atoms with van der Waals surface area (Å²) in [5, 5.41) is 12.5. The fraction of sp³-hybridized carbons (Fsp3) is 0.440. The molecule has 0 bridgehead atoms. The van der Waals surface area contributed by atoms with Crippen molar-refractivity contribution < 1.29 is 23.8 Å². The van der Waals surface area contributed by atoms with Crippen LogP contribution in [0.25, 0.3) is 22.3 Å². The number of H-pyrrole nitrogens is 1. The van der Waals surface area contributed by atoms with E-state index in [-0.39, 0.29) is 17.9 Å². The van der Waals surface area contributed by atoms with Gasteiger partial charge in [-0.3, -0.25) is 9.59 Å². The summed E-state index contributed by atoms with van der Waals surface area (Å²) < 4.78 is 20.1. The van der Waals surface area contributed by atoms with Gasteiger partial charge < -0.3 is 25.0 Å². The Morgan fingerprint density at radius 3 is 2.74 bits per heavy atom. The van der Waals surface area contributed by atoms with Crippen LogP contribution in [-0.4, -0.2) is 68.6 Å². The molecule has 3 heterocycles. The number of nitrogens with zero attached hydrogens (tertiary/aromatic N) is 3. The molecular formula is C25H28FN5O4. The summed E-state index contributed by atoms with van der Waals surface area (Å²) in [4.78, 5) is 38.4. The van der Waals surface area contributed by atoms with Crippen LogP contribution in [-0.2, 0) is 4.79 Å². The zero-order valence-corrected chi connectivity index (χ0v) is 19.5. The number of carbonyl (C=O) groups excluding carboxylic acids is 2. The van der Waals surface area contributed by atoms with Gasteiger partial charge in [-0.1, -0.05) is 0 Å². The Bertz CT molecular complexity index is 1250. The van der Waals surface area contributed by atoms with Crippen molar-refractivity contribution in [3.8, 4) is 17.0 Å². The SMILES string of the molecule is C[C@H](O)C(=O)N1CCC(NC(=O)c2c[nH]c3c(-c4cc(F)ccc4OCC4CC4)ncnc23)CC1. The van der Waals surface area contributed by atoms with Crippen LogP contribution >= 0.6 is 0 Å². The van der Waals surface area contributed by atoms with E-state index in [1.54, 1.807) is 17.2 Å². The minimum Gasteiger partial charge on any atom is -0.493 e. The molecule has 184 valence electrons. The highest BCUT2D eigenvalue weighted by Gasteiger charge is 2.27. The Kier molecular flexibility index (Phi) is 6.38. The van der Waals surface area contributed by atoms with Crippen molar-refractivity contribution in [2.75, 3.05) is 19.7 Å². The number of rotatable bonds is 7. The Morgan fingerprint density at radius 2 is 2.03 bits per heavy atom. The van der Waals surface area contributed by atoms with E-state index in [4.69, 9.17) is 4.74 Å². The number of nitrogens with one attached hydrogen (secondary N) is 2. The molecule has 1 aliphatic carbocycles. The van der Waals surface area contributed by atoms with Gasteiger partial charge in [0.25, 0.3) is 11.8 Å². The van der Waals surface area contributed by atoms with Gasteiger partial charge in [-0.2, -0.15) is 0 Å². The van der Waals surface area contributed by atoms with E-state index in [2.05, 4.69) is 20.3 Å². The molecule has 0 unspecified atom stereocenters. The van der Waals surface area contributed by atoms with Gasteiger partial charge in [0.1, 0.15) is 35.2 Å². The van der Waals surface area contributed by atoms with Gasteiger partial charge in [0.15, 0.2) is 0 Å². The first kappa shape index (κ1) is 23.2. The van der Waals surface area contributed by atoms with Gasteiger partial charge in [-0.25, -0.2) is 14.4 Å². The van der Waals surface area contributed by atoms with E-state index in [1.807, 2.05) is 0 Å². The summed E-state index contributed by atoms with van der Waals surface area (Å²) in [5.41, 5.74) is 2.29. The van der Waals surface area contributed by atoms with Crippen molar-refractivity contribution in [1.29, 1.82) is 0 Å². The molecule has 1 saturated carbocycles. The molecule has 2 fully saturated rings. The molecule has 35 heavy (non-hydrogen) atoms. The quantitative estimate of drug-likeness (QED) is 0.477. The van der Waals surface area contributed by atoms with Gasteiger partial charge in [0.2, 0.25) is 0 Å². The molecule has 9 nitrogen and oxygen atoms in total. The number of carbonyl (C=O) groups is 2. The number of amides is 2. The number of aromatic amines is 1. The highest BCUT2D eigenvalue weighted by molar-refractivity contribution is 6.08. The van der Waals surface area contributed by atoms with E-state index in [9.17, 15) is 19.1 Å². The summed E-state index contributed by atoms with van der Waals surface area (Å²) in [6.45, 7) is 2.97. The molecule has 3 aromatic rings. The molecular weight excluding hydrogens is 453 g/mol. The largest absolute Gasteiger partial charge is 0.493 e. The molecule has 1 saturated heterocycles. The number of aliphatic hydroxyl groups is 1. The average molecular weight is 482 g/mol. The lowest BCUT2D eigenvalue weighted by molar-refractivity contribution is -0.140. The maximum Gasteiger partial charge on any atom is 0.255 e. The normalized spacial score (nSPS) is 17.4. The molecule has 3 N–H and O–H groups in total. The Morgan fingerprint density at radius 1 is 1.26 bits per heavy atom. The van der Waals surface area contributed by atoms with Crippen LogP contribution in [0.3, 0.4) is 0 Å². The first-order valence-electron chi connectivity index (χ1n) is 11.9. The molecule has 2 aromatic heterocycles. The Balaban J connectivity index is 1.35. The van der Waals surface area contributed by atoms with Gasteiger partial charge in [-0.05, 0) is 56.7 Å². The standard InChI is InChI=1S/C25H28FN5O4/c1-14(32)25(34)31-8-6-17(7-9-31)30-24(33)19-11-27-23-21(28-13-29-22(19)23)18-10-16(26)4-5-20(18)35-12-15-2-3-15/h4-5,10-11,13-15,17,27,32H,2-3,6-9,12H2,1H3,(H,30,33)/t14-/m0/s1. The third kappa shape index (κ3) is 4.97. The molecule has 2 aliphatic rings. The number of hydrogen-bond donors (Lipinski definition) is 3. The fourth-order valence-corrected chi connectivity index (χ4v) is 4.39. The highest BCUT2D eigenvalue weighted by atomic mass is 19.1. The maximum atomic E-state index is 14.1. The number of aliphatic hydroxyl groups excluding tert-OH is 1. The number of halogens is 1. The fourth-order valence-electron chi connectivity index (χ4n) is 4.39. The maximum absolute atomic E-state index is 14.1. The first-order valence-corrected chi connectivity index (χ1v) is 11.9. The van der Waals surface area contributed by atoms with Crippen molar-refractivity contribution in [2.45, 2.75) is 44.8 Å². The lowest BCUT2D eigenvalue weighted by Gasteiger charge is -2.33. The molecule has 10 heteroatoms. The second-order valence-electron chi connectivity index (χ2n) is 9.29. The molecule has 0 radical (unpaired) electrons. The van der Waals surface area contributed by atoms with Gasteiger partial charge >= 0.3 is 0 Å². The lowest BCUT2D eigenvalue weighted by Crippen LogP contribution is -2.48. The second kappa shape index (κ2) is 9.61. The number of aromatic nitrogens is 3. The van der Waals surface area contributed by atoms with Gasteiger partial charge in [0.05, 0.1) is 17.7 Å². The van der Waals surface area contributed by atoms with Crippen LogP contribution in [0, 0.1) is 11.7 Å². The average Bonchev–Trinajstić information content (AvgIpc) is 3.58. The van der Waals surface area contributed by atoms with Crippen molar-refractivity contribution >= 4 is 22.8 Å². The van der Waals surface area contributed by atoms with E-state index < -0.39 is 11.9 Å². The summed E-state index contributed by atoms with van der Waals surface area (Å²) in [5.74, 6) is 0.0862. The second-order valence-corrected chi connectivity index (χ2v) is 9.29. The zero-order valence-electron chi connectivity index (χ0n) is 19.5. The van der Waals surface area contributed by atoms with E-state index in [0.717, 1.165) is 12.8 Å². The monoisotopic (exact) mass is 481 g/mol. The van der Waals surface area contributed by atoms with Crippen LogP contribution < -0.4 is 10.1 Å².